The summed E-state index contributed by atoms with van der Waals surface area (Å²) >= 11 is 0. The molecule has 12 rings (SSSR count). The highest BCUT2D eigenvalue weighted by Crippen LogP contribution is 2.39. The van der Waals surface area contributed by atoms with E-state index in [1.54, 1.807) is 0 Å². The van der Waals surface area contributed by atoms with Gasteiger partial charge in [0.2, 0.25) is 0 Å². The highest BCUT2D eigenvalue weighted by atomic mass is 15.1. The largest absolute Gasteiger partial charge is 0.311 e. The Kier molecular flexibility index (Phi) is 14.9. The van der Waals surface area contributed by atoms with Crippen LogP contribution in [0.25, 0.3) is 68.3 Å². The third-order valence-electron chi connectivity index (χ3n) is 14.6. The molecule has 0 saturated carbocycles. The molecule has 0 aliphatic carbocycles. The number of hydrogen-bond acceptors (Lipinski definition) is 1. The molecule has 0 fully saturated rings. The van der Waals surface area contributed by atoms with Crippen LogP contribution in [0.5, 0.6) is 0 Å². The van der Waals surface area contributed by atoms with E-state index in [1.807, 2.05) is 0 Å². The zero-order chi connectivity index (χ0) is 53.0. The summed E-state index contributed by atoms with van der Waals surface area (Å²) in [4.78, 5) is 2.35. The van der Waals surface area contributed by atoms with Crippen LogP contribution < -0.4 is 4.90 Å². The summed E-state index contributed by atoms with van der Waals surface area (Å²) in [6, 6.07) is 117. The van der Waals surface area contributed by atoms with Gasteiger partial charge in [-0.15, -0.1) is 0 Å². The van der Waals surface area contributed by atoms with E-state index in [4.69, 9.17) is 0 Å². The van der Waals surface area contributed by atoms with Gasteiger partial charge in [-0.2, -0.15) is 0 Å². The van der Waals surface area contributed by atoms with Crippen LogP contribution in [-0.2, 0) is 0 Å². The molecule has 12 aromatic rings. The Morgan fingerprint density at radius 3 is 0.519 bits per heavy atom. The second-order valence-electron chi connectivity index (χ2n) is 19.7. The van der Waals surface area contributed by atoms with Gasteiger partial charge in [-0.05, 0) is 155 Å². The normalized spacial score (nSPS) is 10.8. The Morgan fingerprint density at radius 1 is 0.177 bits per heavy atom. The van der Waals surface area contributed by atoms with Crippen LogP contribution in [0.3, 0.4) is 0 Å². The second kappa shape index (κ2) is 23.7. The van der Waals surface area contributed by atoms with E-state index in [2.05, 4.69) is 351 Å². The van der Waals surface area contributed by atoms with Gasteiger partial charge < -0.3 is 4.90 Å². The fraction of sp³-hybridized carbons (Fsp3) is 0. The fourth-order valence-electron chi connectivity index (χ4n) is 10.4. The van der Waals surface area contributed by atoms with Gasteiger partial charge in [-0.3, -0.25) is 0 Å². The Balaban J connectivity index is 0.838. The Morgan fingerprint density at radius 2 is 0.342 bits per heavy atom. The van der Waals surface area contributed by atoms with E-state index in [1.165, 1.54) is 66.8 Å². The van der Waals surface area contributed by atoms with Gasteiger partial charge in [-0.25, -0.2) is 0 Å². The summed E-state index contributed by atoms with van der Waals surface area (Å²) in [7, 11) is 0. The lowest BCUT2D eigenvalue weighted by Crippen LogP contribution is -2.09. The van der Waals surface area contributed by atoms with Crippen LogP contribution in [0.2, 0.25) is 0 Å². The number of rotatable bonds is 15. The maximum Gasteiger partial charge on any atom is 0.0462 e. The molecule has 374 valence electrons. The van der Waals surface area contributed by atoms with Gasteiger partial charge in [0.15, 0.2) is 0 Å². The van der Waals surface area contributed by atoms with E-state index < -0.39 is 0 Å². The van der Waals surface area contributed by atoms with Crippen LogP contribution >= 0.6 is 0 Å². The minimum absolute atomic E-state index is 1.08. The molecular formula is C78H57N. The number of nitrogens with zero attached hydrogens (tertiary/aromatic N) is 1. The maximum absolute atomic E-state index is 2.35. The summed E-state index contributed by atoms with van der Waals surface area (Å²) in [5.74, 6) is 0. The third kappa shape index (κ3) is 11.7. The minimum atomic E-state index is 1.08. The SMILES string of the molecule is C(=C(c1ccccc1)c1ccccc1)c1ccc(-c2ccc(N(c3ccc(-c4ccc(C=C(c5ccccc5)c5ccccc5)cc4)cc3)c3ccc(-c4ccc(C=C(c5ccccc5)c5ccccc5)cc4)cc3)cc2)cc1. The molecule has 12 aromatic carbocycles. The topological polar surface area (TPSA) is 3.24 Å². The predicted molar refractivity (Wildman–Crippen MR) is 337 cm³/mol. The minimum Gasteiger partial charge on any atom is -0.311 e. The molecule has 0 amide bonds. The summed E-state index contributed by atoms with van der Waals surface area (Å²) in [5.41, 5.74) is 24.4. The predicted octanol–water partition coefficient (Wildman–Crippen LogP) is 20.9. The molecule has 0 N–H and O–H groups in total. The smallest absolute Gasteiger partial charge is 0.0462 e. The van der Waals surface area contributed by atoms with E-state index in [0.29, 0.717) is 0 Å². The summed E-state index contributed by atoms with van der Waals surface area (Å²) in [6.07, 6.45) is 6.86. The molecule has 0 radical (unpaired) electrons. The average molecular weight is 1010 g/mol. The van der Waals surface area contributed by atoms with Crippen molar-refractivity contribution in [3.63, 3.8) is 0 Å². The zero-order valence-electron chi connectivity index (χ0n) is 43.9. The molecule has 1 heteroatoms. The van der Waals surface area contributed by atoms with Gasteiger partial charge in [0.25, 0.3) is 0 Å². The Bertz CT molecular complexity index is 3430. The van der Waals surface area contributed by atoms with Gasteiger partial charge in [0.1, 0.15) is 0 Å². The van der Waals surface area contributed by atoms with Crippen LogP contribution in [-0.4, -0.2) is 0 Å². The number of hydrogen-bond donors (Lipinski definition) is 0. The molecule has 0 saturated heterocycles. The van der Waals surface area contributed by atoms with Gasteiger partial charge in [0.05, 0.1) is 0 Å². The summed E-state index contributed by atoms with van der Waals surface area (Å²) in [6.45, 7) is 0. The standard InChI is InChI=1S/C78H57N/c1-7-19-67(20-8-1)76(68-21-9-2-10-22-68)55-58-31-37-61(38-32-58)64-43-49-73(50-44-64)79(74-51-45-65(46-52-74)62-39-33-59(34-40-62)56-77(69-23-11-3-12-24-69)70-25-13-4-14-26-70)75-53-47-66(48-54-75)63-41-35-60(36-42-63)57-78(71-27-15-5-16-28-71)72-29-17-6-18-30-72/h1-57H. The fourth-order valence-corrected chi connectivity index (χ4v) is 10.4. The van der Waals surface area contributed by atoms with Crippen molar-refractivity contribution in [2.45, 2.75) is 0 Å². The van der Waals surface area contributed by atoms with Crippen LogP contribution in [0.15, 0.2) is 328 Å². The van der Waals surface area contributed by atoms with Gasteiger partial charge in [-0.1, -0.05) is 291 Å². The lowest BCUT2D eigenvalue weighted by Gasteiger charge is -2.26. The molecule has 79 heavy (non-hydrogen) atoms. The van der Waals surface area contributed by atoms with Crippen molar-refractivity contribution >= 4 is 52.0 Å². The van der Waals surface area contributed by atoms with Crippen LogP contribution in [0.4, 0.5) is 17.1 Å². The second-order valence-corrected chi connectivity index (χ2v) is 19.7. The van der Waals surface area contributed by atoms with Crippen LogP contribution in [0.1, 0.15) is 50.1 Å². The van der Waals surface area contributed by atoms with E-state index in [9.17, 15) is 0 Å². The lowest BCUT2D eigenvalue weighted by atomic mass is 9.95. The molecule has 0 aromatic heterocycles. The first-order valence-corrected chi connectivity index (χ1v) is 27.0. The molecule has 0 atom stereocenters. The van der Waals surface area contributed by atoms with Crippen LogP contribution in [0, 0.1) is 0 Å². The molecule has 0 aliphatic rings. The zero-order valence-corrected chi connectivity index (χ0v) is 43.9. The first-order valence-electron chi connectivity index (χ1n) is 27.0. The molecule has 1 nitrogen and oxygen atoms in total. The quantitative estimate of drug-likeness (QED) is 0.0925. The van der Waals surface area contributed by atoms with Crippen molar-refractivity contribution in [2.24, 2.45) is 0 Å². The number of anilines is 3. The lowest BCUT2D eigenvalue weighted by molar-refractivity contribution is 1.28. The van der Waals surface area contributed by atoms with Gasteiger partial charge in [0, 0.05) is 17.1 Å². The monoisotopic (exact) mass is 1010 g/mol. The molecule has 0 aliphatic heterocycles. The molecule has 0 heterocycles. The first-order chi connectivity index (χ1) is 39.1. The maximum atomic E-state index is 2.35. The molecule has 0 spiro atoms. The molecular weight excluding hydrogens is 951 g/mol. The van der Waals surface area contributed by atoms with Gasteiger partial charge >= 0.3 is 0 Å². The van der Waals surface area contributed by atoms with Crippen molar-refractivity contribution < 1.29 is 0 Å². The Hall–Kier alpha value is -10.3. The van der Waals surface area contributed by atoms with Crippen molar-refractivity contribution in [3.8, 4) is 33.4 Å². The molecule has 0 unspecified atom stereocenters. The van der Waals surface area contributed by atoms with E-state index in [0.717, 1.165) is 50.4 Å². The summed E-state index contributed by atoms with van der Waals surface area (Å²) in [5, 5.41) is 0. The summed E-state index contributed by atoms with van der Waals surface area (Å²) < 4.78 is 0. The average Bonchev–Trinajstić information content (AvgIpc) is 3.54. The first kappa shape index (κ1) is 49.5. The van der Waals surface area contributed by atoms with Crippen molar-refractivity contribution in [1.82, 2.24) is 0 Å². The number of benzene rings is 12. The van der Waals surface area contributed by atoms with Crippen molar-refractivity contribution in [3.05, 3.63) is 378 Å². The highest BCUT2D eigenvalue weighted by molar-refractivity contribution is 5.94. The third-order valence-corrected chi connectivity index (χ3v) is 14.6. The highest BCUT2D eigenvalue weighted by Gasteiger charge is 2.15. The molecule has 0 bridgehead atoms. The van der Waals surface area contributed by atoms with Crippen molar-refractivity contribution in [1.29, 1.82) is 0 Å². The Labute approximate surface area is 465 Å². The van der Waals surface area contributed by atoms with E-state index >= 15 is 0 Å². The van der Waals surface area contributed by atoms with E-state index in [-0.39, 0.29) is 0 Å². The van der Waals surface area contributed by atoms with Crippen molar-refractivity contribution in [2.75, 3.05) is 4.90 Å².